The molecule has 0 bridgehead atoms. The second-order valence-electron chi connectivity index (χ2n) is 6.73. The van der Waals surface area contributed by atoms with Crippen molar-refractivity contribution in [1.29, 1.82) is 0 Å². The fourth-order valence-electron chi connectivity index (χ4n) is 3.80. The number of alkyl halides is 1. The first-order valence-corrected chi connectivity index (χ1v) is 8.62. The van der Waals surface area contributed by atoms with E-state index in [1.54, 1.807) is 5.01 Å². The number of halogens is 1. The third kappa shape index (κ3) is 3.21. The van der Waals surface area contributed by atoms with Gasteiger partial charge in [-0.1, -0.05) is 18.2 Å². The van der Waals surface area contributed by atoms with Gasteiger partial charge < -0.3 is 16.0 Å². The molecule has 0 aromatic heterocycles. The molecule has 5 unspecified atom stereocenters. The number of hydrazine groups is 1. The number of nitrogens with two attached hydrogens (primary N) is 1. The molecule has 136 valence electrons. The van der Waals surface area contributed by atoms with E-state index in [2.05, 4.69) is 26.3 Å². The molecule has 3 saturated heterocycles. The van der Waals surface area contributed by atoms with Crippen LogP contribution in [0.25, 0.3) is 0 Å². The summed E-state index contributed by atoms with van der Waals surface area (Å²) in [6.45, 7) is 1.79. The number of hydrogen-bond donors (Lipinski definition) is 5. The molecule has 3 aliphatic heterocycles. The van der Waals surface area contributed by atoms with Crippen LogP contribution in [0.5, 0.6) is 0 Å². The SMILES string of the molecule is NC1NN2CC(F)CNC2C1C(=O)NC1CNCN1c1ccccc1. The zero-order valence-electron chi connectivity index (χ0n) is 13.9. The average Bonchev–Trinajstić information content (AvgIpc) is 3.18. The summed E-state index contributed by atoms with van der Waals surface area (Å²) in [5.41, 5.74) is 10.1. The highest BCUT2D eigenvalue weighted by molar-refractivity contribution is 5.81. The Morgan fingerprint density at radius 2 is 2.08 bits per heavy atom. The Labute approximate surface area is 145 Å². The van der Waals surface area contributed by atoms with E-state index in [4.69, 9.17) is 5.73 Å². The van der Waals surface area contributed by atoms with Gasteiger partial charge in [0, 0.05) is 25.3 Å². The third-order valence-corrected chi connectivity index (χ3v) is 5.02. The third-order valence-electron chi connectivity index (χ3n) is 5.02. The number of para-hydroxylation sites is 1. The second-order valence-corrected chi connectivity index (χ2v) is 6.73. The van der Waals surface area contributed by atoms with Crippen molar-refractivity contribution in [1.82, 2.24) is 26.4 Å². The van der Waals surface area contributed by atoms with Crippen LogP contribution in [-0.2, 0) is 4.79 Å². The van der Waals surface area contributed by atoms with Crippen LogP contribution in [0.15, 0.2) is 30.3 Å². The first kappa shape index (κ1) is 16.7. The van der Waals surface area contributed by atoms with Gasteiger partial charge in [0.15, 0.2) is 0 Å². The van der Waals surface area contributed by atoms with Crippen LogP contribution in [-0.4, -0.2) is 61.9 Å². The number of carbonyl (C=O) groups excluding carboxylic acids is 1. The van der Waals surface area contributed by atoms with Gasteiger partial charge in [-0.05, 0) is 12.1 Å². The standard InChI is InChI=1S/C16H24FN7O/c17-10-6-20-15-13(14(18)22-24(15)8-10)16(25)21-12-7-19-9-23(12)11-4-2-1-3-5-11/h1-5,10,12-15,19-20,22H,6-9,18H2,(H,21,25). The molecule has 1 aromatic rings. The molecule has 8 nitrogen and oxygen atoms in total. The lowest BCUT2D eigenvalue weighted by atomic mass is 10.0. The maximum absolute atomic E-state index is 13.5. The molecule has 3 heterocycles. The first-order chi connectivity index (χ1) is 12.1. The van der Waals surface area contributed by atoms with Gasteiger partial charge in [-0.15, -0.1) is 0 Å². The van der Waals surface area contributed by atoms with Gasteiger partial charge in [0.2, 0.25) is 5.91 Å². The number of rotatable bonds is 3. The maximum atomic E-state index is 13.5. The van der Waals surface area contributed by atoms with E-state index in [1.165, 1.54) is 0 Å². The Hall–Kier alpha value is -1.78. The first-order valence-electron chi connectivity index (χ1n) is 8.62. The van der Waals surface area contributed by atoms with E-state index in [9.17, 15) is 9.18 Å². The monoisotopic (exact) mass is 349 g/mol. The summed E-state index contributed by atoms with van der Waals surface area (Å²) in [7, 11) is 0. The molecule has 0 spiro atoms. The Kier molecular flexibility index (Phi) is 4.57. The molecule has 4 rings (SSSR count). The zero-order valence-corrected chi connectivity index (χ0v) is 13.9. The van der Waals surface area contributed by atoms with E-state index in [0.29, 0.717) is 13.2 Å². The van der Waals surface area contributed by atoms with E-state index >= 15 is 0 Å². The number of nitrogens with one attached hydrogen (secondary N) is 4. The maximum Gasteiger partial charge on any atom is 0.230 e. The van der Waals surface area contributed by atoms with Crippen molar-refractivity contribution in [2.24, 2.45) is 11.7 Å². The Balaban J connectivity index is 1.44. The highest BCUT2D eigenvalue weighted by Gasteiger charge is 2.47. The van der Waals surface area contributed by atoms with Crippen LogP contribution in [0, 0.1) is 5.92 Å². The summed E-state index contributed by atoms with van der Waals surface area (Å²) in [6, 6.07) is 9.94. The van der Waals surface area contributed by atoms with Crippen molar-refractivity contribution < 1.29 is 9.18 Å². The van der Waals surface area contributed by atoms with Crippen molar-refractivity contribution in [3.63, 3.8) is 0 Å². The summed E-state index contributed by atoms with van der Waals surface area (Å²) >= 11 is 0. The van der Waals surface area contributed by atoms with Crippen molar-refractivity contribution in [3.8, 4) is 0 Å². The Morgan fingerprint density at radius 3 is 2.88 bits per heavy atom. The number of fused-ring (bicyclic) bond motifs is 1. The molecule has 6 N–H and O–H groups in total. The fourth-order valence-corrected chi connectivity index (χ4v) is 3.80. The molecule has 0 saturated carbocycles. The Morgan fingerprint density at radius 1 is 1.28 bits per heavy atom. The molecule has 5 atom stereocenters. The van der Waals surface area contributed by atoms with Gasteiger partial charge in [-0.3, -0.25) is 15.4 Å². The highest BCUT2D eigenvalue weighted by Crippen LogP contribution is 2.23. The molecule has 1 amide bonds. The minimum atomic E-state index is -0.967. The highest BCUT2D eigenvalue weighted by atomic mass is 19.1. The van der Waals surface area contributed by atoms with E-state index in [1.807, 2.05) is 30.3 Å². The molecular formula is C16H24FN7O. The minimum Gasteiger partial charge on any atom is -0.337 e. The van der Waals surface area contributed by atoms with Crippen LogP contribution in [0.4, 0.5) is 10.1 Å². The van der Waals surface area contributed by atoms with E-state index in [-0.39, 0.29) is 31.3 Å². The zero-order chi connectivity index (χ0) is 17.4. The quantitative estimate of drug-likeness (QED) is 0.452. The predicted molar refractivity (Wildman–Crippen MR) is 91.7 cm³/mol. The molecule has 3 fully saturated rings. The summed E-state index contributed by atoms with van der Waals surface area (Å²) in [4.78, 5) is 15.0. The molecule has 3 aliphatic rings. The minimum absolute atomic E-state index is 0.132. The van der Waals surface area contributed by atoms with E-state index in [0.717, 1.165) is 5.69 Å². The van der Waals surface area contributed by atoms with Crippen molar-refractivity contribution >= 4 is 11.6 Å². The molecular weight excluding hydrogens is 325 g/mol. The fraction of sp³-hybridized carbons (Fsp3) is 0.562. The molecule has 0 aliphatic carbocycles. The lowest BCUT2D eigenvalue weighted by molar-refractivity contribution is -0.127. The van der Waals surface area contributed by atoms with Gasteiger partial charge in [-0.25, -0.2) is 14.8 Å². The number of anilines is 1. The number of benzene rings is 1. The normalized spacial score (nSPS) is 35.6. The van der Waals surface area contributed by atoms with Crippen molar-refractivity contribution in [2.45, 2.75) is 24.7 Å². The summed E-state index contributed by atoms with van der Waals surface area (Å²) in [5, 5.41) is 11.1. The van der Waals surface area contributed by atoms with Gasteiger partial charge >= 0.3 is 0 Å². The van der Waals surface area contributed by atoms with Gasteiger partial charge in [-0.2, -0.15) is 0 Å². The lowest BCUT2D eigenvalue weighted by Crippen LogP contribution is -2.59. The summed E-state index contributed by atoms with van der Waals surface area (Å²) < 4.78 is 13.5. The van der Waals surface area contributed by atoms with Crippen molar-refractivity contribution in [2.75, 3.05) is 31.2 Å². The van der Waals surface area contributed by atoms with Gasteiger partial charge in [0.1, 0.15) is 12.3 Å². The molecule has 25 heavy (non-hydrogen) atoms. The smallest absolute Gasteiger partial charge is 0.230 e. The van der Waals surface area contributed by atoms with Crippen molar-refractivity contribution in [3.05, 3.63) is 30.3 Å². The molecule has 9 heteroatoms. The summed E-state index contributed by atoms with van der Waals surface area (Å²) in [5.74, 6) is -0.613. The molecule has 0 radical (unpaired) electrons. The van der Waals surface area contributed by atoms with Crippen LogP contribution in [0.2, 0.25) is 0 Å². The number of nitrogens with zero attached hydrogens (tertiary/aromatic N) is 2. The lowest BCUT2D eigenvalue weighted by Gasteiger charge is -2.34. The van der Waals surface area contributed by atoms with Gasteiger partial charge in [0.05, 0.1) is 24.9 Å². The topological polar surface area (TPSA) is 97.7 Å². The largest absolute Gasteiger partial charge is 0.337 e. The number of hydrogen-bond acceptors (Lipinski definition) is 7. The number of amides is 1. The molecule has 1 aromatic carbocycles. The van der Waals surface area contributed by atoms with E-state index < -0.39 is 18.3 Å². The average molecular weight is 349 g/mol. The second kappa shape index (κ2) is 6.85. The Bertz CT molecular complexity index is 618. The van der Waals surface area contributed by atoms with Gasteiger partial charge in [0.25, 0.3) is 0 Å². The van der Waals surface area contributed by atoms with Crippen LogP contribution < -0.4 is 32.0 Å². The van der Waals surface area contributed by atoms with Crippen LogP contribution >= 0.6 is 0 Å². The summed E-state index contributed by atoms with van der Waals surface area (Å²) in [6.07, 6.45) is -1.94. The van der Waals surface area contributed by atoms with Crippen LogP contribution in [0.3, 0.4) is 0 Å². The van der Waals surface area contributed by atoms with Crippen LogP contribution in [0.1, 0.15) is 0 Å². The number of carbonyl (C=O) groups is 1. The predicted octanol–water partition coefficient (Wildman–Crippen LogP) is -1.52.